The normalized spacial score (nSPS) is 16.6. The van der Waals surface area contributed by atoms with Gasteiger partial charge in [0, 0.05) is 44.5 Å². The Kier molecular flexibility index (Phi) is 6.28. The fourth-order valence-electron chi connectivity index (χ4n) is 8.16. The monoisotopic (exact) mass is 642 g/mol. The molecule has 0 spiro atoms. The molecule has 10 rings (SSSR count). The molecule has 3 heteroatoms. The summed E-state index contributed by atoms with van der Waals surface area (Å²) in [4.78, 5) is 5.58. The lowest BCUT2D eigenvalue weighted by Gasteiger charge is -2.28. The summed E-state index contributed by atoms with van der Waals surface area (Å²) in [5.41, 5.74) is 12.1. The van der Waals surface area contributed by atoms with Gasteiger partial charge in [-0.3, -0.25) is 4.99 Å². The third kappa shape index (κ3) is 4.40. The summed E-state index contributed by atoms with van der Waals surface area (Å²) >= 11 is 0. The van der Waals surface area contributed by atoms with Crippen LogP contribution < -0.4 is 10.1 Å². The molecule has 0 aromatic heterocycles. The van der Waals surface area contributed by atoms with E-state index in [9.17, 15) is 0 Å². The molecule has 1 unspecified atom stereocenters. The zero-order chi connectivity index (χ0) is 33.4. The van der Waals surface area contributed by atoms with Crippen LogP contribution in [-0.4, -0.2) is 5.71 Å². The topological polar surface area (TPSA) is 33.6 Å². The molecule has 1 aliphatic carbocycles. The number of hydrogen-bond donors (Lipinski definition) is 1. The lowest BCUT2D eigenvalue weighted by atomic mass is 9.81. The summed E-state index contributed by atoms with van der Waals surface area (Å²) in [6.45, 7) is 4.57. The molecule has 2 heterocycles. The summed E-state index contributed by atoms with van der Waals surface area (Å²) in [5.74, 6) is 1.80. The number of hydrogen-bond acceptors (Lipinski definition) is 3. The van der Waals surface area contributed by atoms with Crippen molar-refractivity contribution in [3.05, 3.63) is 179 Å². The van der Waals surface area contributed by atoms with Crippen LogP contribution in [0.3, 0.4) is 0 Å². The Bertz CT molecular complexity index is 2630. The smallest absolute Gasteiger partial charge is 0.146 e. The van der Waals surface area contributed by atoms with Gasteiger partial charge in [-0.15, -0.1) is 0 Å². The van der Waals surface area contributed by atoms with Crippen LogP contribution in [0.1, 0.15) is 47.8 Å². The first-order chi connectivity index (χ1) is 24.5. The number of aliphatic imine (C=N–C) groups is 1. The lowest BCUT2D eigenvalue weighted by molar-refractivity contribution is 0.470. The Hall–Kier alpha value is -6.19. The van der Waals surface area contributed by atoms with Crippen LogP contribution in [-0.2, 0) is 5.41 Å². The van der Waals surface area contributed by atoms with Gasteiger partial charge in [-0.05, 0) is 56.4 Å². The first kappa shape index (κ1) is 28.8. The molecule has 2 aliphatic heterocycles. The van der Waals surface area contributed by atoms with Crippen molar-refractivity contribution in [3.8, 4) is 33.8 Å². The van der Waals surface area contributed by atoms with Gasteiger partial charge in [-0.2, -0.15) is 0 Å². The van der Waals surface area contributed by atoms with Gasteiger partial charge in [0.05, 0.1) is 5.71 Å². The van der Waals surface area contributed by atoms with Gasteiger partial charge in [-0.25, -0.2) is 0 Å². The number of fused-ring (bicyclic) bond motifs is 9. The molecule has 0 radical (unpaired) electrons. The van der Waals surface area contributed by atoms with Gasteiger partial charge < -0.3 is 10.1 Å². The van der Waals surface area contributed by atoms with E-state index in [1.807, 2.05) is 0 Å². The Balaban J connectivity index is 1.26. The van der Waals surface area contributed by atoms with Gasteiger partial charge in [-0.1, -0.05) is 153 Å². The van der Waals surface area contributed by atoms with Crippen LogP contribution in [0, 0.1) is 0 Å². The second-order valence-electron chi connectivity index (χ2n) is 14.0. The molecule has 0 bridgehead atoms. The van der Waals surface area contributed by atoms with Crippen molar-refractivity contribution in [2.75, 3.05) is 0 Å². The molecule has 3 aliphatic rings. The molecule has 0 saturated carbocycles. The van der Waals surface area contributed by atoms with Crippen molar-refractivity contribution in [3.63, 3.8) is 0 Å². The molecule has 7 aromatic rings. The van der Waals surface area contributed by atoms with E-state index in [1.165, 1.54) is 32.7 Å². The van der Waals surface area contributed by atoms with E-state index in [2.05, 4.69) is 177 Å². The van der Waals surface area contributed by atoms with Gasteiger partial charge in [0.25, 0.3) is 0 Å². The van der Waals surface area contributed by atoms with Crippen molar-refractivity contribution >= 4 is 39.0 Å². The van der Waals surface area contributed by atoms with E-state index in [4.69, 9.17) is 9.73 Å². The fraction of sp³-hybridized carbons (Fsp3) is 0.0851. The number of allylic oxidation sites excluding steroid dienone is 2. The van der Waals surface area contributed by atoms with Crippen molar-refractivity contribution in [2.45, 2.75) is 25.4 Å². The quantitative estimate of drug-likeness (QED) is 0.208. The van der Waals surface area contributed by atoms with Crippen LogP contribution in [0.4, 0.5) is 0 Å². The summed E-state index contributed by atoms with van der Waals surface area (Å²) in [6.07, 6.45) is 6.55. The molecule has 3 nitrogen and oxygen atoms in total. The molecule has 0 amide bonds. The van der Waals surface area contributed by atoms with Crippen LogP contribution in [0.25, 0.3) is 55.6 Å². The number of nitrogens with zero attached hydrogens (tertiary/aromatic N) is 1. The maximum atomic E-state index is 6.98. The maximum Gasteiger partial charge on any atom is 0.146 e. The molecule has 50 heavy (non-hydrogen) atoms. The van der Waals surface area contributed by atoms with E-state index in [0.717, 1.165) is 61.9 Å². The Morgan fingerprint density at radius 3 is 2.04 bits per heavy atom. The van der Waals surface area contributed by atoms with Crippen LogP contribution in [0.5, 0.6) is 11.5 Å². The average Bonchev–Trinajstić information content (AvgIpc) is 3.41. The zero-order valence-electron chi connectivity index (χ0n) is 27.9. The first-order valence-electron chi connectivity index (χ1n) is 17.3. The lowest BCUT2D eigenvalue weighted by Crippen LogP contribution is -2.26. The SMILES string of the molecule is CC1(C)C=Cc2c(C3=NC(c4cccc5ccccc45)NC(c4cccc5ccccc45)=C3)cc3c(c21)Oc1ccccc1-c1ccccc1-3. The third-order valence-corrected chi connectivity index (χ3v) is 10.6. The largest absolute Gasteiger partial charge is 0.456 e. The van der Waals surface area contributed by atoms with Crippen molar-refractivity contribution < 1.29 is 4.74 Å². The third-order valence-electron chi connectivity index (χ3n) is 10.6. The molecular weight excluding hydrogens is 609 g/mol. The van der Waals surface area contributed by atoms with E-state index in [1.54, 1.807) is 0 Å². The fourth-order valence-corrected chi connectivity index (χ4v) is 8.16. The Labute approximate surface area is 291 Å². The molecule has 0 fully saturated rings. The molecule has 1 atom stereocenters. The maximum absolute atomic E-state index is 6.98. The Morgan fingerprint density at radius 1 is 0.600 bits per heavy atom. The minimum atomic E-state index is -0.296. The molecule has 1 N–H and O–H groups in total. The highest BCUT2D eigenvalue weighted by Gasteiger charge is 2.36. The molecule has 238 valence electrons. The summed E-state index contributed by atoms with van der Waals surface area (Å²) in [5, 5.41) is 8.70. The number of benzene rings is 7. The van der Waals surface area contributed by atoms with Crippen LogP contribution in [0.15, 0.2) is 157 Å². The minimum Gasteiger partial charge on any atom is -0.456 e. The van der Waals surface area contributed by atoms with Gasteiger partial charge in [0.2, 0.25) is 0 Å². The summed E-state index contributed by atoms with van der Waals surface area (Å²) in [7, 11) is 0. The molecular formula is C47H34N2O. The number of ether oxygens (including phenoxy) is 1. The predicted octanol–water partition coefficient (Wildman–Crippen LogP) is 11.9. The van der Waals surface area contributed by atoms with Crippen LogP contribution >= 0.6 is 0 Å². The highest BCUT2D eigenvalue weighted by molar-refractivity contribution is 6.17. The second-order valence-corrected chi connectivity index (χ2v) is 14.0. The van der Waals surface area contributed by atoms with Crippen LogP contribution in [0.2, 0.25) is 0 Å². The summed E-state index contributed by atoms with van der Waals surface area (Å²) in [6, 6.07) is 49.7. The number of para-hydroxylation sites is 1. The second kappa shape index (κ2) is 10.9. The van der Waals surface area contributed by atoms with E-state index >= 15 is 0 Å². The Morgan fingerprint density at radius 2 is 1.22 bits per heavy atom. The van der Waals surface area contributed by atoms with E-state index < -0.39 is 0 Å². The zero-order valence-corrected chi connectivity index (χ0v) is 27.9. The van der Waals surface area contributed by atoms with Gasteiger partial charge >= 0.3 is 0 Å². The highest BCUT2D eigenvalue weighted by atomic mass is 16.5. The first-order valence-corrected chi connectivity index (χ1v) is 17.3. The van der Waals surface area contributed by atoms with Crippen molar-refractivity contribution in [1.29, 1.82) is 0 Å². The molecule has 7 aromatic carbocycles. The van der Waals surface area contributed by atoms with E-state index in [-0.39, 0.29) is 11.6 Å². The van der Waals surface area contributed by atoms with Gasteiger partial charge in [0.15, 0.2) is 0 Å². The van der Waals surface area contributed by atoms with Crippen molar-refractivity contribution in [1.82, 2.24) is 5.32 Å². The van der Waals surface area contributed by atoms with E-state index in [0.29, 0.717) is 0 Å². The van der Waals surface area contributed by atoms with Gasteiger partial charge in [0.1, 0.15) is 17.7 Å². The predicted molar refractivity (Wildman–Crippen MR) is 208 cm³/mol. The number of nitrogens with one attached hydrogen (secondary N) is 1. The average molecular weight is 643 g/mol. The summed E-state index contributed by atoms with van der Waals surface area (Å²) < 4.78 is 6.98. The standard InChI is InChI=1S/C47H34N2O/c1-47(2)26-25-37-39(27-40-34-20-8-7-19-33(34)36-21-9-10-24-43(36)50-45(40)44(37)47)42-28-41(35-22-11-15-29-13-3-5-17-31(29)35)48-46(49-42)38-23-12-16-30-14-4-6-18-32(30)38/h3-28,46,48H,1-2H3. The highest BCUT2D eigenvalue weighted by Crippen LogP contribution is 2.54. The molecule has 0 saturated heterocycles. The van der Waals surface area contributed by atoms with Crippen molar-refractivity contribution in [2.24, 2.45) is 4.99 Å². The minimum absolute atomic E-state index is 0.242. The number of rotatable bonds is 3.